The molecule has 0 radical (unpaired) electrons. The minimum Gasteiger partial charge on any atom is -0.300 e. The van der Waals surface area contributed by atoms with E-state index in [4.69, 9.17) is 0 Å². The summed E-state index contributed by atoms with van der Waals surface area (Å²) < 4.78 is 0. The minimum absolute atomic E-state index is 0.212. The smallest absolute Gasteiger partial charge is 0.133 e. The van der Waals surface area contributed by atoms with Gasteiger partial charge in [0, 0.05) is 12.8 Å². The lowest BCUT2D eigenvalue weighted by atomic mass is 9.85. The zero-order chi connectivity index (χ0) is 11.8. The van der Waals surface area contributed by atoms with Gasteiger partial charge in [0.15, 0.2) is 0 Å². The Labute approximate surface area is 97.9 Å². The summed E-state index contributed by atoms with van der Waals surface area (Å²) in [6.07, 6.45) is 2.55. The van der Waals surface area contributed by atoms with Crippen LogP contribution >= 0.6 is 0 Å². The fraction of sp³-hybridized carbons (Fsp3) is 0.533. The highest BCUT2D eigenvalue weighted by atomic mass is 16.1. The predicted molar refractivity (Wildman–Crippen MR) is 66.7 cm³/mol. The van der Waals surface area contributed by atoms with E-state index < -0.39 is 0 Å². The van der Waals surface area contributed by atoms with Crippen LogP contribution in [0.1, 0.15) is 57.1 Å². The Morgan fingerprint density at radius 3 is 2.19 bits per heavy atom. The van der Waals surface area contributed by atoms with E-state index >= 15 is 0 Å². The number of ketones is 1. The topological polar surface area (TPSA) is 17.1 Å². The molecule has 2 rings (SSSR count). The van der Waals surface area contributed by atoms with Crippen molar-refractivity contribution in [3.63, 3.8) is 0 Å². The van der Waals surface area contributed by atoms with E-state index in [1.807, 2.05) is 0 Å². The van der Waals surface area contributed by atoms with Crippen LogP contribution < -0.4 is 0 Å². The van der Waals surface area contributed by atoms with Gasteiger partial charge >= 0.3 is 0 Å². The molecule has 1 aliphatic rings. The third-order valence-electron chi connectivity index (χ3n) is 3.49. The lowest BCUT2D eigenvalue weighted by Gasteiger charge is -2.20. The fourth-order valence-electron chi connectivity index (χ4n) is 2.35. The van der Waals surface area contributed by atoms with Gasteiger partial charge in [0.25, 0.3) is 0 Å². The van der Waals surface area contributed by atoms with Crippen molar-refractivity contribution in [3.8, 4) is 0 Å². The van der Waals surface area contributed by atoms with E-state index in [9.17, 15) is 4.79 Å². The van der Waals surface area contributed by atoms with Crippen LogP contribution in [0.25, 0.3) is 0 Å². The van der Waals surface area contributed by atoms with Crippen LogP contribution in [-0.2, 0) is 10.2 Å². The predicted octanol–water partition coefficient (Wildman–Crippen LogP) is 3.82. The van der Waals surface area contributed by atoms with Crippen LogP contribution in [0.3, 0.4) is 0 Å². The molecule has 86 valence electrons. The monoisotopic (exact) mass is 216 g/mol. The van der Waals surface area contributed by atoms with Crippen LogP contribution in [0.4, 0.5) is 0 Å². The molecule has 1 aliphatic carbocycles. The van der Waals surface area contributed by atoms with Crippen molar-refractivity contribution in [1.29, 1.82) is 0 Å². The van der Waals surface area contributed by atoms with Crippen molar-refractivity contribution in [3.05, 3.63) is 35.4 Å². The highest BCUT2D eigenvalue weighted by Gasteiger charge is 2.23. The number of Topliss-reactive ketones (excluding diaryl/α,β-unsaturated/α-hetero) is 1. The SMILES string of the molecule is CC(C)(C)c1ccc(C2CCC(=O)C2)cc1. The molecular weight excluding hydrogens is 196 g/mol. The molecule has 1 aromatic carbocycles. The first kappa shape index (κ1) is 11.4. The Bertz CT molecular complexity index is 381. The van der Waals surface area contributed by atoms with E-state index in [1.54, 1.807) is 0 Å². The lowest BCUT2D eigenvalue weighted by molar-refractivity contribution is -0.117. The first-order valence-corrected chi connectivity index (χ1v) is 6.09. The maximum absolute atomic E-state index is 11.3. The zero-order valence-electron chi connectivity index (χ0n) is 10.4. The maximum Gasteiger partial charge on any atom is 0.133 e. The molecule has 0 bridgehead atoms. The molecule has 1 heteroatoms. The molecule has 0 N–H and O–H groups in total. The van der Waals surface area contributed by atoms with Crippen molar-refractivity contribution in [1.82, 2.24) is 0 Å². The second kappa shape index (κ2) is 4.04. The maximum atomic E-state index is 11.3. The molecule has 0 spiro atoms. The molecular formula is C15H20O. The van der Waals surface area contributed by atoms with Crippen molar-refractivity contribution in [2.24, 2.45) is 0 Å². The van der Waals surface area contributed by atoms with Crippen molar-refractivity contribution >= 4 is 5.78 Å². The third kappa shape index (κ3) is 2.34. The summed E-state index contributed by atoms with van der Waals surface area (Å²) in [6.45, 7) is 6.67. The Hall–Kier alpha value is -1.11. The Morgan fingerprint density at radius 1 is 1.12 bits per heavy atom. The van der Waals surface area contributed by atoms with E-state index in [1.165, 1.54) is 11.1 Å². The number of carbonyl (C=O) groups excluding carboxylic acids is 1. The number of benzene rings is 1. The summed E-state index contributed by atoms with van der Waals surface area (Å²) in [5.74, 6) is 0.895. The number of rotatable bonds is 1. The van der Waals surface area contributed by atoms with Crippen molar-refractivity contribution in [2.45, 2.75) is 51.4 Å². The van der Waals surface area contributed by atoms with E-state index in [-0.39, 0.29) is 5.41 Å². The molecule has 0 aliphatic heterocycles. The van der Waals surface area contributed by atoms with Gasteiger partial charge in [-0.25, -0.2) is 0 Å². The zero-order valence-corrected chi connectivity index (χ0v) is 10.4. The molecule has 1 unspecified atom stereocenters. The molecule has 1 saturated carbocycles. The summed E-state index contributed by atoms with van der Waals surface area (Å²) in [5.41, 5.74) is 2.91. The first-order valence-electron chi connectivity index (χ1n) is 6.09. The number of hydrogen-bond donors (Lipinski definition) is 0. The average Bonchev–Trinajstić information content (AvgIpc) is 2.64. The standard InChI is InChI=1S/C15H20O/c1-15(2,3)13-7-4-11(5-8-13)12-6-9-14(16)10-12/h4-5,7-8,12H,6,9-10H2,1-3H3. The highest BCUT2D eigenvalue weighted by molar-refractivity contribution is 5.81. The van der Waals surface area contributed by atoms with E-state index in [0.29, 0.717) is 11.7 Å². The fourth-order valence-corrected chi connectivity index (χ4v) is 2.35. The lowest BCUT2D eigenvalue weighted by Crippen LogP contribution is -2.10. The number of carbonyl (C=O) groups is 1. The van der Waals surface area contributed by atoms with Crippen molar-refractivity contribution < 1.29 is 4.79 Å². The van der Waals surface area contributed by atoms with Crippen LogP contribution in [0.5, 0.6) is 0 Å². The molecule has 1 atom stereocenters. The minimum atomic E-state index is 0.212. The Kier molecular flexibility index (Phi) is 2.88. The summed E-state index contributed by atoms with van der Waals surface area (Å²) in [4.78, 5) is 11.3. The third-order valence-corrected chi connectivity index (χ3v) is 3.49. The van der Waals surface area contributed by atoms with Gasteiger partial charge in [-0.1, -0.05) is 45.0 Å². The van der Waals surface area contributed by atoms with Gasteiger partial charge in [-0.2, -0.15) is 0 Å². The first-order chi connectivity index (χ1) is 7.47. The molecule has 0 saturated heterocycles. The number of hydrogen-bond acceptors (Lipinski definition) is 1. The van der Waals surface area contributed by atoms with Crippen molar-refractivity contribution in [2.75, 3.05) is 0 Å². The van der Waals surface area contributed by atoms with E-state index in [0.717, 1.165) is 19.3 Å². The summed E-state index contributed by atoms with van der Waals surface area (Å²) >= 11 is 0. The molecule has 0 heterocycles. The second-order valence-electron chi connectivity index (χ2n) is 5.85. The molecule has 0 aromatic heterocycles. The van der Waals surface area contributed by atoms with Gasteiger partial charge in [-0.3, -0.25) is 4.79 Å². The molecule has 16 heavy (non-hydrogen) atoms. The van der Waals surface area contributed by atoms with Gasteiger partial charge in [-0.15, -0.1) is 0 Å². The Morgan fingerprint density at radius 2 is 1.75 bits per heavy atom. The van der Waals surface area contributed by atoms with E-state index in [2.05, 4.69) is 45.0 Å². The molecule has 1 nitrogen and oxygen atoms in total. The second-order valence-corrected chi connectivity index (χ2v) is 5.85. The van der Waals surface area contributed by atoms with Crippen LogP contribution in [-0.4, -0.2) is 5.78 Å². The van der Waals surface area contributed by atoms with Gasteiger partial charge < -0.3 is 0 Å². The van der Waals surface area contributed by atoms with Crippen LogP contribution in [0, 0.1) is 0 Å². The van der Waals surface area contributed by atoms with Gasteiger partial charge in [0.05, 0.1) is 0 Å². The summed E-state index contributed by atoms with van der Waals surface area (Å²) in [7, 11) is 0. The van der Waals surface area contributed by atoms with Gasteiger partial charge in [0.2, 0.25) is 0 Å². The highest BCUT2D eigenvalue weighted by Crippen LogP contribution is 2.33. The molecule has 0 amide bonds. The van der Waals surface area contributed by atoms with Crippen LogP contribution in [0.2, 0.25) is 0 Å². The summed E-state index contributed by atoms with van der Waals surface area (Å²) in [5, 5.41) is 0. The van der Waals surface area contributed by atoms with Gasteiger partial charge in [0.1, 0.15) is 5.78 Å². The quantitative estimate of drug-likeness (QED) is 0.697. The molecule has 1 aromatic rings. The van der Waals surface area contributed by atoms with Gasteiger partial charge in [-0.05, 0) is 28.9 Å². The normalized spacial score (nSPS) is 21.4. The summed E-state index contributed by atoms with van der Waals surface area (Å²) in [6, 6.07) is 8.81. The Balaban J connectivity index is 2.17. The molecule has 1 fully saturated rings. The van der Waals surface area contributed by atoms with Crippen LogP contribution in [0.15, 0.2) is 24.3 Å². The average molecular weight is 216 g/mol. The largest absolute Gasteiger partial charge is 0.300 e.